The van der Waals surface area contributed by atoms with Crippen molar-refractivity contribution in [3.63, 3.8) is 0 Å². The third-order valence-corrected chi connectivity index (χ3v) is 7.47. The van der Waals surface area contributed by atoms with E-state index >= 15 is 0 Å². The summed E-state index contributed by atoms with van der Waals surface area (Å²) in [5, 5.41) is 4.42. The summed E-state index contributed by atoms with van der Waals surface area (Å²) in [6.07, 6.45) is 0. The van der Waals surface area contributed by atoms with Gasteiger partial charge in [0.05, 0.1) is 23.6 Å². The number of carbonyl (C=O) groups excluding carboxylic acids is 1. The van der Waals surface area contributed by atoms with Crippen molar-refractivity contribution in [2.75, 3.05) is 20.2 Å². The fourth-order valence-electron chi connectivity index (χ4n) is 5.43. The molecule has 5 nitrogen and oxygen atoms in total. The number of nitrogens with zero attached hydrogens (tertiary/aromatic N) is 1. The van der Waals surface area contributed by atoms with Crippen LogP contribution in [0.15, 0.2) is 97.1 Å². The molecule has 0 saturated carbocycles. The Morgan fingerprint density at radius 3 is 2.28 bits per heavy atom. The number of hydrogen-bond acceptors (Lipinski definition) is 4. The molecule has 0 atom stereocenters. The van der Waals surface area contributed by atoms with E-state index in [2.05, 4.69) is 22.9 Å². The molecule has 0 unspecified atom stereocenters. The third-order valence-electron chi connectivity index (χ3n) is 7.47. The Morgan fingerprint density at radius 2 is 1.64 bits per heavy atom. The van der Waals surface area contributed by atoms with Gasteiger partial charge in [-0.2, -0.15) is 0 Å². The lowest BCUT2D eigenvalue weighted by Gasteiger charge is -2.41. The van der Waals surface area contributed by atoms with Crippen LogP contribution >= 0.6 is 0 Å². The van der Waals surface area contributed by atoms with Crippen LogP contribution in [-0.4, -0.2) is 30.7 Å². The van der Waals surface area contributed by atoms with E-state index in [1.807, 2.05) is 66.7 Å². The highest BCUT2D eigenvalue weighted by Gasteiger charge is 2.40. The van der Waals surface area contributed by atoms with Gasteiger partial charge in [-0.3, -0.25) is 0 Å². The second-order valence-electron chi connectivity index (χ2n) is 10.2. The molecule has 0 aliphatic carbocycles. The molecule has 1 saturated heterocycles. The molecule has 1 aromatic heterocycles. The minimum Gasteiger partial charge on any atom is -0.488 e. The van der Waals surface area contributed by atoms with Gasteiger partial charge >= 0.3 is 5.97 Å². The number of carbonyl (C=O) groups is 1. The number of ether oxygens (including phenoxy) is 2. The fourth-order valence-corrected chi connectivity index (χ4v) is 5.43. The van der Waals surface area contributed by atoms with Crippen LogP contribution in [0.2, 0.25) is 0 Å². The van der Waals surface area contributed by atoms with Crippen molar-refractivity contribution in [3.05, 3.63) is 120 Å². The maximum absolute atomic E-state index is 14.0. The first kappa shape index (κ1) is 24.9. The van der Waals surface area contributed by atoms with Crippen molar-refractivity contribution >= 4 is 16.9 Å². The van der Waals surface area contributed by atoms with Gasteiger partial charge < -0.3 is 19.4 Å². The smallest absolute Gasteiger partial charge is 0.337 e. The lowest BCUT2D eigenvalue weighted by Crippen LogP contribution is -2.55. The molecule has 0 bridgehead atoms. The van der Waals surface area contributed by atoms with Gasteiger partial charge in [-0.15, -0.1) is 0 Å². The number of esters is 1. The SMILES string of the molecule is COC(=O)c1ccc(-c2c(C3(C)CNC3)n(-c3ccc(F)cc3)c3cccc(OCc4ccccc4)c23)cc1. The molecule has 4 aromatic carbocycles. The standard InChI is InChI=1S/C33H29FN2O3/c1-33(20-35-21-33)31-29(23-11-13-24(14-12-23)32(37)38-2)30-27(36(31)26-17-15-25(34)16-18-26)9-6-10-28(30)39-19-22-7-4-3-5-8-22/h3-18,35H,19-21H2,1-2H3. The Hall–Kier alpha value is -4.42. The summed E-state index contributed by atoms with van der Waals surface area (Å²) in [6.45, 7) is 4.28. The third kappa shape index (κ3) is 4.47. The molecule has 196 valence electrons. The predicted octanol–water partition coefficient (Wildman–Crippen LogP) is 6.66. The number of aromatic nitrogens is 1. The molecule has 2 heterocycles. The number of rotatable bonds is 7. The van der Waals surface area contributed by atoms with Crippen LogP contribution in [0.1, 0.15) is 28.5 Å². The number of benzene rings is 4. The largest absolute Gasteiger partial charge is 0.488 e. The van der Waals surface area contributed by atoms with Crippen LogP contribution in [0.25, 0.3) is 27.7 Å². The molecule has 1 aliphatic heterocycles. The van der Waals surface area contributed by atoms with Gasteiger partial charge in [0.15, 0.2) is 0 Å². The average molecular weight is 521 g/mol. The van der Waals surface area contributed by atoms with E-state index in [1.165, 1.54) is 19.2 Å². The number of methoxy groups -OCH3 is 1. The first-order valence-electron chi connectivity index (χ1n) is 13.0. The molecule has 1 N–H and O–H groups in total. The van der Waals surface area contributed by atoms with Crippen LogP contribution in [0.3, 0.4) is 0 Å². The number of nitrogens with one attached hydrogen (secondary N) is 1. The number of halogens is 1. The van der Waals surface area contributed by atoms with E-state index in [-0.39, 0.29) is 17.2 Å². The summed E-state index contributed by atoms with van der Waals surface area (Å²) >= 11 is 0. The number of fused-ring (bicyclic) bond motifs is 1. The lowest BCUT2D eigenvalue weighted by molar-refractivity contribution is 0.0600. The van der Waals surface area contributed by atoms with Gasteiger partial charge in [0.25, 0.3) is 0 Å². The van der Waals surface area contributed by atoms with Crippen LogP contribution in [0.4, 0.5) is 4.39 Å². The average Bonchev–Trinajstić information content (AvgIpc) is 3.31. The topological polar surface area (TPSA) is 52.5 Å². The van der Waals surface area contributed by atoms with E-state index in [9.17, 15) is 9.18 Å². The molecule has 1 fully saturated rings. The van der Waals surface area contributed by atoms with Crippen molar-refractivity contribution < 1.29 is 18.7 Å². The second kappa shape index (κ2) is 10.0. The summed E-state index contributed by atoms with van der Waals surface area (Å²) in [5.74, 6) is 0.109. The van der Waals surface area contributed by atoms with Crippen LogP contribution in [0, 0.1) is 5.82 Å². The van der Waals surface area contributed by atoms with Crippen molar-refractivity contribution in [3.8, 4) is 22.6 Å². The van der Waals surface area contributed by atoms with E-state index in [0.717, 1.165) is 57.8 Å². The molecule has 5 aromatic rings. The quantitative estimate of drug-likeness (QED) is 0.244. The highest BCUT2D eigenvalue weighted by atomic mass is 19.1. The summed E-state index contributed by atoms with van der Waals surface area (Å²) in [4.78, 5) is 12.2. The van der Waals surface area contributed by atoms with Crippen LogP contribution in [0.5, 0.6) is 5.75 Å². The van der Waals surface area contributed by atoms with E-state index in [0.29, 0.717) is 12.2 Å². The summed E-state index contributed by atoms with van der Waals surface area (Å²) < 4.78 is 27.6. The van der Waals surface area contributed by atoms with Gasteiger partial charge in [-0.25, -0.2) is 9.18 Å². The van der Waals surface area contributed by atoms with Gasteiger partial charge in [0, 0.05) is 35.4 Å². The van der Waals surface area contributed by atoms with Gasteiger partial charge in [0.2, 0.25) is 0 Å². The first-order valence-corrected chi connectivity index (χ1v) is 13.0. The molecule has 6 rings (SSSR count). The van der Waals surface area contributed by atoms with Crippen molar-refractivity contribution in [2.24, 2.45) is 0 Å². The lowest BCUT2D eigenvalue weighted by atomic mass is 9.77. The zero-order valence-electron chi connectivity index (χ0n) is 21.9. The van der Waals surface area contributed by atoms with Crippen molar-refractivity contribution in [1.82, 2.24) is 9.88 Å². The monoisotopic (exact) mass is 520 g/mol. The fraction of sp³-hybridized carbons (Fsp3) is 0.182. The highest BCUT2D eigenvalue weighted by Crippen LogP contribution is 2.47. The Kier molecular flexibility index (Phi) is 6.41. The minimum atomic E-state index is -0.377. The summed E-state index contributed by atoms with van der Waals surface area (Å²) in [6, 6.07) is 30.3. The van der Waals surface area contributed by atoms with E-state index in [4.69, 9.17) is 9.47 Å². The van der Waals surface area contributed by atoms with Gasteiger partial charge in [-0.1, -0.05) is 55.5 Å². The molecule has 39 heavy (non-hydrogen) atoms. The molecule has 0 spiro atoms. The van der Waals surface area contributed by atoms with E-state index < -0.39 is 0 Å². The van der Waals surface area contributed by atoms with Crippen molar-refractivity contribution in [2.45, 2.75) is 18.9 Å². The zero-order chi connectivity index (χ0) is 27.0. The number of hydrogen-bond donors (Lipinski definition) is 1. The van der Waals surface area contributed by atoms with E-state index in [1.54, 1.807) is 12.1 Å². The Balaban J connectivity index is 1.62. The molecule has 1 aliphatic rings. The Morgan fingerprint density at radius 1 is 0.923 bits per heavy atom. The maximum Gasteiger partial charge on any atom is 0.337 e. The maximum atomic E-state index is 14.0. The Labute approximate surface area is 226 Å². The second-order valence-corrected chi connectivity index (χ2v) is 10.2. The minimum absolute atomic E-state index is 0.180. The summed E-state index contributed by atoms with van der Waals surface area (Å²) in [7, 11) is 1.38. The first-order chi connectivity index (χ1) is 19.0. The highest BCUT2D eigenvalue weighted by molar-refractivity contribution is 6.04. The van der Waals surface area contributed by atoms with Gasteiger partial charge in [-0.05, 0) is 59.7 Å². The normalized spacial score (nSPS) is 14.1. The molecular weight excluding hydrogens is 491 g/mol. The molecule has 6 heteroatoms. The molecule has 0 amide bonds. The van der Waals surface area contributed by atoms with Crippen LogP contribution < -0.4 is 10.1 Å². The van der Waals surface area contributed by atoms with Gasteiger partial charge in [0.1, 0.15) is 18.2 Å². The zero-order valence-corrected chi connectivity index (χ0v) is 21.9. The Bertz CT molecular complexity index is 1640. The molecular formula is C33H29FN2O3. The van der Waals surface area contributed by atoms with Crippen molar-refractivity contribution in [1.29, 1.82) is 0 Å². The summed E-state index contributed by atoms with van der Waals surface area (Å²) in [5.41, 5.74) is 6.36. The predicted molar refractivity (Wildman–Crippen MR) is 151 cm³/mol. The molecule has 0 radical (unpaired) electrons. The van der Waals surface area contributed by atoms with Crippen LogP contribution in [-0.2, 0) is 16.8 Å².